The molecule has 0 spiro atoms. The monoisotopic (exact) mass is 400 g/mol. The molecule has 3 rings (SSSR count). The van der Waals surface area contributed by atoms with Crippen LogP contribution in [0.1, 0.15) is 19.3 Å². The number of halogens is 2. The van der Waals surface area contributed by atoms with Crippen LogP contribution >= 0.6 is 11.6 Å². The fourth-order valence-electron chi connectivity index (χ4n) is 2.74. The zero-order chi connectivity index (χ0) is 18.7. The number of nitrogens with one attached hydrogen (secondary N) is 1. The summed E-state index contributed by atoms with van der Waals surface area (Å²) >= 11 is 5.67. The summed E-state index contributed by atoms with van der Waals surface area (Å²) in [5.41, 5.74) is 0.350. The van der Waals surface area contributed by atoms with E-state index in [1.807, 2.05) is 0 Å². The Morgan fingerprint density at radius 2 is 2.00 bits per heavy atom. The summed E-state index contributed by atoms with van der Waals surface area (Å²) in [5.74, 6) is -0.987. The maximum absolute atomic E-state index is 13.1. The summed E-state index contributed by atoms with van der Waals surface area (Å²) in [6.45, 7) is 0.847. The van der Waals surface area contributed by atoms with Gasteiger partial charge in [0.25, 0.3) is 10.0 Å². The van der Waals surface area contributed by atoms with Crippen molar-refractivity contribution in [2.75, 3.05) is 18.4 Å². The highest BCUT2D eigenvalue weighted by molar-refractivity contribution is 7.89. The molecule has 0 saturated carbocycles. The van der Waals surface area contributed by atoms with Gasteiger partial charge in [0.05, 0.1) is 11.3 Å². The lowest BCUT2D eigenvalue weighted by atomic mass is 10.2. The maximum atomic E-state index is 13.1. The first-order valence-corrected chi connectivity index (χ1v) is 9.95. The zero-order valence-electron chi connectivity index (χ0n) is 13.9. The minimum atomic E-state index is -3.64. The molecule has 1 N–H and O–H groups in total. The van der Waals surface area contributed by atoms with Gasteiger partial charge in [-0.25, -0.2) is 17.8 Å². The predicted octanol–water partition coefficient (Wildman–Crippen LogP) is 2.49. The molecule has 2 aromatic rings. The lowest BCUT2D eigenvalue weighted by molar-refractivity contribution is -0.116. The lowest BCUT2D eigenvalue weighted by Crippen LogP contribution is -2.35. The molecule has 1 fully saturated rings. The summed E-state index contributed by atoms with van der Waals surface area (Å²) in [6.07, 6.45) is 5.33. The SMILES string of the molecule is O=C(Cn1cnc(S(=O)(=O)N2CCCCC2)c1)Nc1ccc(F)c(Cl)c1. The molecule has 1 saturated heterocycles. The van der Waals surface area contributed by atoms with Crippen LogP contribution in [-0.4, -0.2) is 41.3 Å². The van der Waals surface area contributed by atoms with Crippen LogP contribution in [0.5, 0.6) is 0 Å². The highest BCUT2D eigenvalue weighted by Crippen LogP contribution is 2.20. The van der Waals surface area contributed by atoms with Crippen LogP contribution in [0.15, 0.2) is 35.7 Å². The van der Waals surface area contributed by atoms with Crippen molar-refractivity contribution in [1.82, 2.24) is 13.9 Å². The zero-order valence-corrected chi connectivity index (χ0v) is 15.4. The molecule has 1 aliphatic rings. The van der Waals surface area contributed by atoms with Crippen molar-refractivity contribution in [2.24, 2.45) is 0 Å². The highest BCUT2D eigenvalue weighted by atomic mass is 35.5. The van der Waals surface area contributed by atoms with Crippen LogP contribution in [0.2, 0.25) is 5.02 Å². The maximum Gasteiger partial charge on any atom is 0.262 e. The molecule has 10 heteroatoms. The first-order chi connectivity index (χ1) is 12.4. The molecule has 7 nitrogen and oxygen atoms in total. The van der Waals surface area contributed by atoms with Crippen molar-refractivity contribution in [3.63, 3.8) is 0 Å². The Labute approximate surface area is 155 Å². The summed E-state index contributed by atoms with van der Waals surface area (Å²) in [4.78, 5) is 16.0. The average Bonchev–Trinajstić information content (AvgIpc) is 3.08. The number of nitrogens with zero attached hydrogens (tertiary/aromatic N) is 3. The van der Waals surface area contributed by atoms with Crippen LogP contribution < -0.4 is 5.32 Å². The van der Waals surface area contributed by atoms with Crippen molar-refractivity contribution in [3.8, 4) is 0 Å². The predicted molar refractivity (Wildman–Crippen MR) is 94.9 cm³/mol. The number of imidazole rings is 1. The van der Waals surface area contributed by atoms with Gasteiger partial charge < -0.3 is 9.88 Å². The smallest absolute Gasteiger partial charge is 0.262 e. The Morgan fingerprint density at radius 3 is 2.69 bits per heavy atom. The van der Waals surface area contributed by atoms with Crippen molar-refractivity contribution in [1.29, 1.82) is 0 Å². The molecule has 26 heavy (non-hydrogen) atoms. The molecule has 140 valence electrons. The van der Waals surface area contributed by atoms with E-state index in [1.165, 1.54) is 33.5 Å². The van der Waals surface area contributed by atoms with E-state index in [4.69, 9.17) is 11.6 Å². The van der Waals surface area contributed by atoms with Gasteiger partial charge in [0.15, 0.2) is 5.03 Å². The number of hydrogen-bond acceptors (Lipinski definition) is 4. The summed E-state index contributed by atoms with van der Waals surface area (Å²) in [7, 11) is -3.64. The third-order valence-electron chi connectivity index (χ3n) is 4.06. The van der Waals surface area contributed by atoms with E-state index in [1.54, 1.807) is 0 Å². The van der Waals surface area contributed by atoms with E-state index in [0.29, 0.717) is 18.8 Å². The van der Waals surface area contributed by atoms with Gasteiger partial charge in [-0.2, -0.15) is 4.31 Å². The van der Waals surface area contributed by atoms with Gasteiger partial charge in [0.1, 0.15) is 12.4 Å². The molecule has 0 unspecified atom stereocenters. The highest BCUT2D eigenvalue weighted by Gasteiger charge is 2.28. The Hall–Kier alpha value is -1.97. The van der Waals surface area contributed by atoms with Gasteiger partial charge in [-0.3, -0.25) is 4.79 Å². The topological polar surface area (TPSA) is 84.3 Å². The Morgan fingerprint density at radius 1 is 1.27 bits per heavy atom. The fourth-order valence-corrected chi connectivity index (χ4v) is 4.37. The third-order valence-corrected chi connectivity index (χ3v) is 6.13. The van der Waals surface area contributed by atoms with E-state index in [0.717, 1.165) is 25.3 Å². The van der Waals surface area contributed by atoms with Crippen molar-refractivity contribution in [2.45, 2.75) is 30.8 Å². The largest absolute Gasteiger partial charge is 0.327 e. The summed E-state index contributed by atoms with van der Waals surface area (Å²) in [5, 5.41) is 2.40. The average molecular weight is 401 g/mol. The number of hydrogen-bond donors (Lipinski definition) is 1. The number of anilines is 1. The molecule has 1 aliphatic heterocycles. The number of amides is 1. The van der Waals surface area contributed by atoms with E-state index in [-0.39, 0.29) is 16.6 Å². The summed E-state index contributed by atoms with van der Waals surface area (Å²) < 4.78 is 41.0. The number of carbonyl (C=O) groups is 1. The van der Waals surface area contributed by atoms with E-state index >= 15 is 0 Å². The fraction of sp³-hybridized carbons (Fsp3) is 0.375. The number of sulfonamides is 1. The minimum Gasteiger partial charge on any atom is -0.327 e. The third kappa shape index (κ3) is 4.22. The van der Waals surface area contributed by atoms with E-state index < -0.39 is 21.7 Å². The standard InChI is InChI=1S/C16H18ClFN4O3S/c17-13-8-12(4-5-14(13)18)20-15(23)9-21-10-16(19-11-21)26(24,25)22-6-2-1-3-7-22/h4-5,8,10-11H,1-3,6-7,9H2,(H,20,23). The van der Waals surface area contributed by atoms with Crippen molar-refractivity contribution < 1.29 is 17.6 Å². The molecule has 1 aromatic heterocycles. The van der Waals surface area contributed by atoms with Crippen LogP contribution in [0, 0.1) is 5.82 Å². The number of piperidine rings is 1. The van der Waals surface area contributed by atoms with Gasteiger partial charge in [-0.1, -0.05) is 18.0 Å². The minimum absolute atomic E-state index is 0.0722. The van der Waals surface area contributed by atoms with Crippen molar-refractivity contribution in [3.05, 3.63) is 41.6 Å². The number of rotatable bonds is 5. The van der Waals surface area contributed by atoms with Crippen LogP contribution in [0.4, 0.5) is 10.1 Å². The van der Waals surface area contributed by atoms with Crippen LogP contribution in [0.3, 0.4) is 0 Å². The number of carbonyl (C=O) groups excluding carboxylic acids is 1. The quantitative estimate of drug-likeness (QED) is 0.835. The summed E-state index contributed by atoms with van der Waals surface area (Å²) in [6, 6.07) is 3.84. The molecule has 1 aromatic carbocycles. The normalized spacial score (nSPS) is 15.8. The lowest BCUT2D eigenvalue weighted by Gasteiger charge is -2.24. The first kappa shape index (κ1) is 18.8. The Balaban J connectivity index is 1.65. The number of benzene rings is 1. The van der Waals surface area contributed by atoms with Crippen LogP contribution in [-0.2, 0) is 21.4 Å². The molecule has 2 heterocycles. The first-order valence-electron chi connectivity index (χ1n) is 8.13. The molecule has 0 radical (unpaired) electrons. The van der Waals surface area contributed by atoms with E-state index in [9.17, 15) is 17.6 Å². The van der Waals surface area contributed by atoms with Crippen molar-refractivity contribution >= 4 is 33.2 Å². The molecule has 1 amide bonds. The Bertz CT molecular complexity index is 910. The molecule has 0 aliphatic carbocycles. The van der Waals surface area contributed by atoms with Crippen LogP contribution in [0.25, 0.3) is 0 Å². The molecular formula is C16H18ClFN4O3S. The second kappa shape index (κ2) is 7.73. The molecular weight excluding hydrogens is 383 g/mol. The molecule has 0 bridgehead atoms. The molecule has 0 atom stereocenters. The second-order valence-electron chi connectivity index (χ2n) is 6.03. The van der Waals surface area contributed by atoms with E-state index in [2.05, 4.69) is 10.3 Å². The van der Waals surface area contributed by atoms with Gasteiger partial charge >= 0.3 is 0 Å². The van der Waals surface area contributed by atoms with Gasteiger partial charge in [0, 0.05) is 25.0 Å². The number of aromatic nitrogens is 2. The van der Waals surface area contributed by atoms with Gasteiger partial charge in [-0.05, 0) is 31.0 Å². The second-order valence-corrected chi connectivity index (χ2v) is 8.32. The van der Waals surface area contributed by atoms with Gasteiger partial charge in [0.2, 0.25) is 5.91 Å². The van der Waals surface area contributed by atoms with Gasteiger partial charge in [-0.15, -0.1) is 0 Å². The Kier molecular flexibility index (Phi) is 5.59.